The molecule has 0 amide bonds. The van der Waals surface area contributed by atoms with Crippen molar-refractivity contribution in [2.45, 2.75) is 18.3 Å². The summed E-state index contributed by atoms with van der Waals surface area (Å²) in [5.41, 5.74) is 2.01. The van der Waals surface area contributed by atoms with Gasteiger partial charge in [-0.3, -0.25) is 0 Å². The number of hydrogen-bond donors (Lipinski definition) is 2. The van der Waals surface area contributed by atoms with Crippen LogP contribution in [0.15, 0.2) is 24.7 Å². The third-order valence-electron chi connectivity index (χ3n) is 3.56. The van der Waals surface area contributed by atoms with Crippen LogP contribution in [-0.2, 0) is 18.8 Å². The molecule has 2 aromatic rings. The maximum absolute atomic E-state index is 9.96. The second-order valence-corrected chi connectivity index (χ2v) is 4.92. The van der Waals surface area contributed by atoms with E-state index in [0.29, 0.717) is 0 Å². The molecule has 1 aliphatic rings. The number of aliphatic hydroxyl groups is 2. The Kier molecular flexibility index (Phi) is 2.62. The van der Waals surface area contributed by atoms with E-state index in [9.17, 15) is 10.2 Å². The predicted octanol–water partition coefficient (Wildman–Crippen LogP) is -0.204. The Balaban J connectivity index is 2.15. The van der Waals surface area contributed by atoms with Gasteiger partial charge in [-0.25, -0.2) is 4.57 Å². The number of aryl methyl sites for hydroxylation is 2. The maximum atomic E-state index is 9.96. The van der Waals surface area contributed by atoms with Crippen LogP contribution in [0.2, 0.25) is 0 Å². The summed E-state index contributed by atoms with van der Waals surface area (Å²) in [5.74, 6) is 0. The molecule has 0 bridgehead atoms. The van der Waals surface area contributed by atoms with E-state index >= 15 is 0 Å². The Labute approximate surface area is 105 Å². The fourth-order valence-corrected chi connectivity index (χ4v) is 2.57. The molecule has 1 fully saturated rings. The summed E-state index contributed by atoms with van der Waals surface area (Å²) < 4.78 is 9.47. The molecule has 0 saturated carbocycles. The topological polar surface area (TPSA) is 58.5 Å². The lowest BCUT2D eigenvalue weighted by Gasteiger charge is -2.13. The summed E-state index contributed by atoms with van der Waals surface area (Å²) in [6.07, 6.45) is 3.82. The Hall–Kier alpha value is -1.43. The normalized spacial score (nSPS) is 28.1. The molecule has 0 spiro atoms. The third kappa shape index (κ3) is 1.63. The van der Waals surface area contributed by atoms with Crippen molar-refractivity contribution < 1.29 is 19.5 Å². The molecular formula is C13H17N2O3+. The number of aromatic nitrogens is 2. The minimum atomic E-state index is -0.860. The van der Waals surface area contributed by atoms with E-state index in [1.807, 2.05) is 47.9 Å². The van der Waals surface area contributed by atoms with Gasteiger partial charge in [-0.15, -0.1) is 0 Å². The van der Waals surface area contributed by atoms with Gasteiger partial charge in [-0.05, 0) is 0 Å². The highest BCUT2D eigenvalue weighted by Gasteiger charge is 2.37. The number of ether oxygens (including phenoxy) is 1. The molecule has 3 rings (SSSR count). The second kappa shape index (κ2) is 4.05. The Morgan fingerprint density at radius 3 is 2.89 bits per heavy atom. The first-order valence-corrected chi connectivity index (χ1v) is 6.00. The molecule has 3 atom stereocenters. The van der Waals surface area contributed by atoms with E-state index in [2.05, 4.69) is 0 Å². The highest BCUT2D eigenvalue weighted by molar-refractivity contribution is 5.82. The highest BCUT2D eigenvalue weighted by Crippen LogP contribution is 2.34. The van der Waals surface area contributed by atoms with Gasteiger partial charge in [0.05, 0.1) is 17.5 Å². The number of aliphatic hydroxyl groups excluding tert-OH is 2. The summed E-state index contributed by atoms with van der Waals surface area (Å²) >= 11 is 0. The fraction of sp³-hybridized carbons (Fsp3) is 0.462. The van der Waals surface area contributed by atoms with Crippen molar-refractivity contribution >= 4 is 10.9 Å². The zero-order chi connectivity index (χ0) is 12.9. The quantitative estimate of drug-likeness (QED) is 0.688. The van der Waals surface area contributed by atoms with Crippen LogP contribution in [0.1, 0.15) is 11.7 Å². The van der Waals surface area contributed by atoms with Crippen molar-refractivity contribution in [3.63, 3.8) is 0 Å². The van der Waals surface area contributed by atoms with Crippen molar-refractivity contribution in [1.82, 2.24) is 4.57 Å². The van der Waals surface area contributed by atoms with Gasteiger partial charge < -0.3 is 19.5 Å². The van der Waals surface area contributed by atoms with Gasteiger partial charge in [0.25, 0.3) is 0 Å². The summed E-state index contributed by atoms with van der Waals surface area (Å²) in [6, 6.07) is 2.02. The van der Waals surface area contributed by atoms with E-state index in [0.717, 1.165) is 16.5 Å². The van der Waals surface area contributed by atoms with Gasteiger partial charge in [0.2, 0.25) is 0 Å². The number of fused-ring (bicyclic) bond motifs is 1. The van der Waals surface area contributed by atoms with Crippen LogP contribution >= 0.6 is 0 Å². The minimum absolute atomic E-state index is 0.182. The predicted molar refractivity (Wildman–Crippen MR) is 64.8 cm³/mol. The van der Waals surface area contributed by atoms with Gasteiger partial charge in [0.1, 0.15) is 25.4 Å². The van der Waals surface area contributed by atoms with Gasteiger partial charge in [-0.1, -0.05) is 0 Å². The molecule has 1 saturated heterocycles. The first kappa shape index (κ1) is 11.6. The average Bonchev–Trinajstić information content (AvgIpc) is 2.82. The second-order valence-electron chi connectivity index (χ2n) is 4.92. The number of nitrogens with zero attached hydrogens (tertiary/aromatic N) is 2. The van der Waals surface area contributed by atoms with Crippen LogP contribution in [0.4, 0.5) is 0 Å². The molecule has 0 aromatic carbocycles. The van der Waals surface area contributed by atoms with Crippen LogP contribution in [-0.4, -0.2) is 33.6 Å². The first-order chi connectivity index (χ1) is 8.58. The maximum Gasteiger partial charge on any atom is 0.178 e. The summed E-state index contributed by atoms with van der Waals surface area (Å²) in [6.45, 7) is 0.182. The van der Waals surface area contributed by atoms with Gasteiger partial charge >= 0.3 is 0 Å². The van der Waals surface area contributed by atoms with Crippen molar-refractivity contribution in [1.29, 1.82) is 0 Å². The zero-order valence-corrected chi connectivity index (χ0v) is 10.4. The lowest BCUT2D eigenvalue weighted by Crippen LogP contribution is -2.27. The van der Waals surface area contributed by atoms with Crippen LogP contribution < -0.4 is 4.57 Å². The first-order valence-electron chi connectivity index (χ1n) is 6.00. The Bertz CT molecular complexity index is 593. The standard InChI is InChI=1S/C13H17N2O3/c1-14-4-3-10-8(5-14)9(6-15(10)2)13-12(17)11(16)7-18-13/h3-6,11-13,16-17H,7H2,1-2H3/q+1/t11-,12+,13+/m0/s1. The summed E-state index contributed by atoms with van der Waals surface area (Å²) in [4.78, 5) is 0. The molecular weight excluding hydrogens is 232 g/mol. The largest absolute Gasteiger partial charge is 0.388 e. The molecule has 0 radical (unpaired) electrons. The molecule has 3 heterocycles. The van der Waals surface area contributed by atoms with E-state index in [1.54, 1.807) is 0 Å². The summed E-state index contributed by atoms with van der Waals surface area (Å²) in [5, 5.41) is 20.6. The molecule has 0 unspecified atom stereocenters. The Morgan fingerprint density at radius 2 is 2.22 bits per heavy atom. The SMILES string of the molecule is Cn1cc([C@H]2OC[C@H](O)[C@H]2O)c2c[n+](C)ccc21. The van der Waals surface area contributed by atoms with Crippen LogP contribution in [0, 0.1) is 0 Å². The lowest BCUT2D eigenvalue weighted by atomic mass is 10.0. The molecule has 2 aromatic heterocycles. The third-order valence-corrected chi connectivity index (χ3v) is 3.56. The molecule has 2 N–H and O–H groups in total. The molecule has 1 aliphatic heterocycles. The highest BCUT2D eigenvalue weighted by atomic mass is 16.5. The minimum Gasteiger partial charge on any atom is -0.388 e. The molecule has 18 heavy (non-hydrogen) atoms. The smallest absolute Gasteiger partial charge is 0.178 e. The van der Waals surface area contributed by atoms with Crippen molar-refractivity contribution in [3.8, 4) is 0 Å². The number of hydrogen-bond acceptors (Lipinski definition) is 3. The van der Waals surface area contributed by atoms with E-state index in [4.69, 9.17) is 4.74 Å². The van der Waals surface area contributed by atoms with Crippen molar-refractivity contribution in [2.24, 2.45) is 14.1 Å². The van der Waals surface area contributed by atoms with Crippen LogP contribution in [0.3, 0.4) is 0 Å². The van der Waals surface area contributed by atoms with E-state index in [-0.39, 0.29) is 6.61 Å². The van der Waals surface area contributed by atoms with Crippen LogP contribution in [0.25, 0.3) is 10.9 Å². The monoisotopic (exact) mass is 249 g/mol. The zero-order valence-electron chi connectivity index (χ0n) is 10.4. The molecule has 96 valence electrons. The van der Waals surface area contributed by atoms with E-state index in [1.165, 1.54) is 0 Å². The molecule has 5 nitrogen and oxygen atoms in total. The van der Waals surface area contributed by atoms with E-state index < -0.39 is 18.3 Å². The van der Waals surface area contributed by atoms with Gasteiger partial charge in [-0.2, -0.15) is 0 Å². The van der Waals surface area contributed by atoms with Gasteiger partial charge in [0.15, 0.2) is 12.4 Å². The number of pyridine rings is 1. The average molecular weight is 249 g/mol. The van der Waals surface area contributed by atoms with Crippen molar-refractivity contribution in [3.05, 3.63) is 30.2 Å². The summed E-state index contributed by atoms with van der Waals surface area (Å²) in [7, 11) is 3.92. The fourth-order valence-electron chi connectivity index (χ4n) is 2.57. The molecule has 0 aliphatic carbocycles. The number of rotatable bonds is 1. The lowest BCUT2D eigenvalue weighted by molar-refractivity contribution is -0.670. The van der Waals surface area contributed by atoms with Gasteiger partial charge in [0, 0.05) is 24.9 Å². The molecule has 5 heteroatoms. The Morgan fingerprint density at radius 1 is 1.44 bits per heavy atom. The van der Waals surface area contributed by atoms with Crippen LogP contribution in [0.5, 0.6) is 0 Å². The van der Waals surface area contributed by atoms with Crippen molar-refractivity contribution in [2.75, 3.05) is 6.61 Å².